The van der Waals surface area contributed by atoms with Gasteiger partial charge < -0.3 is 18.3 Å². The van der Waals surface area contributed by atoms with Gasteiger partial charge >= 0.3 is 5.69 Å². The summed E-state index contributed by atoms with van der Waals surface area (Å²) in [5.74, 6) is 0. The molecule has 0 unspecified atom stereocenters. The minimum Gasteiger partial charge on any atom is -0.414 e. The molecule has 1 saturated heterocycles. The normalized spacial score (nSPS) is 20.5. The molecular formula is C33H56N2O6Si2. The van der Waals surface area contributed by atoms with Gasteiger partial charge in [-0.2, -0.15) is 0 Å². The van der Waals surface area contributed by atoms with E-state index in [9.17, 15) is 9.59 Å². The fraction of sp³-hybridized carbons (Fsp3) is 0.697. The van der Waals surface area contributed by atoms with E-state index in [0.29, 0.717) is 25.2 Å². The minimum atomic E-state index is -2.14. The lowest BCUT2D eigenvalue weighted by Crippen LogP contribution is -2.48. The number of nitrogens with one attached hydrogen (secondary N) is 1. The standard InChI is InChI=1S/C33H56N2O6Si2/c1-31(2,3)25-17-15-14-16-23(25)20-38-21-24-19-35(30(37)34-29(24)36)28-18-26(41-43(12,13)33(7,8)9)27(40-28)22-39-42(10,11)32(4,5)6/h14-17,19,26-28H,18,20-22H2,1-13H3,(H,34,36,37)/t26-,27+,28+/m0/s1. The van der Waals surface area contributed by atoms with E-state index in [0.717, 1.165) is 5.56 Å². The Bertz CT molecular complexity index is 1360. The van der Waals surface area contributed by atoms with Crippen molar-refractivity contribution in [3.05, 3.63) is 68.0 Å². The zero-order valence-electron chi connectivity index (χ0n) is 28.8. The van der Waals surface area contributed by atoms with E-state index >= 15 is 0 Å². The van der Waals surface area contributed by atoms with Gasteiger partial charge in [0, 0.05) is 12.6 Å². The summed E-state index contributed by atoms with van der Waals surface area (Å²) in [4.78, 5) is 28.3. The molecule has 2 heterocycles. The summed E-state index contributed by atoms with van der Waals surface area (Å²) in [7, 11) is -4.19. The largest absolute Gasteiger partial charge is 0.414 e. The number of aromatic nitrogens is 2. The number of nitrogens with zero attached hydrogens (tertiary/aromatic N) is 1. The van der Waals surface area contributed by atoms with E-state index in [4.69, 9.17) is 18.3 Å². The van der Waals surface area contributed by atoms with Gasteiger partial charge in [-0.1, -0.05) is 86.6 Å². The zero-order valence-corrected chi connectivity index (χ0v) is 30.8. The predicted molar refractivity (Wildman–Crippen MR) is 179 cm³/mol. The van der Waals surface area contributed by atoms with Gasteiger partial charge in [0.05, 0.1) is 31.5 Å². The van der Waals surface area contributed by atoms with Gasteiger partial charge in [0.2, 0.25) is 0 Å². The second kappa shape index (κ2) is 12.9. The minimum absolute atomic E-state index is 0.0147. The van der Waals surface area contributed by atoms with Crippen molar-refractivity contribution in [2.45, 2.75) is 142 Å². The number of aromatic amines is 1. The third-order valence-corrected chi connectivity index (χ3v) is 18.5. The van der Waals surface area contributed by atoms with Gasteiger partial charge in [0.25, 0.3) is 5.56 Å². The van der Waals surface area contributed by atoms with Crippen molar-refractivity contribution in [3.63, 3.8) is 0 Å². The summed E-state index contributed by atoms with van der Waals surface area (Å²) < 4.78 is 27.5. The molecule has 8 nitrogen and oxygen atoms in total. The molecule has 3 rings (SSSR count). The smallest absolute Gasteiger partial charge is 0.330 e. The van der Waals surface area contributed by atoms with Crippen molar-refractivity contribution in [2.24, 2.45) is 0 Å². The third kappa shape index (κ3) is 8.67. The van der Waals surface area contributed by atoms with Crippen LogP contribution in [0.5, 0.6) is 0 Å². The highest BCUT2D eigenvalue weighted by Crippen LogP contribution is 2.42. The average Bonchev–Trinajstić information content (AvgIpc) is 3.24. The van der Waals surface area contributed by atoms with Crippen molar-refractivity contribution in [2.75, 3.05) is 6.61 Å². The Morgan fingerprint density at radius 3 is 2.05 bits per heavy atom. The van der Waals surface area contributed by atoms with Gasteiger partial charge in [0.1, 0.15) is 12.3 Å². The monoisotopic (exact) mass is 632 g/mol. The first kappa shape index (κ1) is 35.7. The molecule has 43 heavy (non-hydrogen) atoms. The molecule has 0 radical (unpaired) electrons. The Morgan fingerprint density at radius 1 is 0.884 bits per heavy atom. The molecule has 1 aromatic carbocycles. The summed E-state index contributed by atoms with van der Waals surface area (Å²) in [6.07, 6.45) is 0.918. The molecule has 1 aromatic heterocycles. The number of hydrogen-bond acceptors (Lipinski definition) is 6. The van der Waals surface area contributed by atoms with Crippen LogP contribution < -0.4 is 11.2 Å². The van der Waals surface area contributed by atoms with Crippen LogP contribution in [-0.4, -0.2) is 45.0 Å². The van der Waals surface area contributed by atoms with Crippen LogP contribution in [0.3, 0.4) is 0 Å². The van der Waals surface area contributed by atoms with Crippen molar-refractivity contribution in [3.8, 4) is 0 Å². The maximum absolute atomic E-state index is 13.1. The molecule has 1 fully saturated rings. The van der Waals surface area contributed by atoms with Gasteiger partial charge in [-0.05, 0) is 52.8 Å². The molecule has 1 N–H and O–H groups in total. The van der Waals surface area contributed by atoms with E-state index in [1.807, 2.05) is 18.2 Å². The van der Waals surface area contributed by atoms with E-state index in [1.54, 1.807) is 6.20 Å². The van der Waals surface area contributed by atoms with Crippen LogP contribution in [0.1, 0.15) is 91.7 Å². The number of benzene rings is 1. The molecule has 1 aliphatic heterocycles. The summed E-state index contributed by atoms with van der Waals surface area (Å²) in [6.45, 7) is 29.5. The molecule has 0 saturated carbocycles. The first-order valence-corrected chi connectivity index (χ1v) is 21.3. The van der Waals surface area contributed by atoms with Crippen LogP contribution in [0.2, 0.25) is 36.3 Å². The van der Waals surface area contributed by atoms with Crippen LogP contribution in [0.25, 0.3) is 0 Å². The van der Waals surface area contributed by atoms with Crippen molar-refractivity contribution < 1.29 is 18.3 Å². The predicted octanol–water partition coefficient (Wildman–Crippen LogP) is 7.25. The van der Waals surface area contributed by atoms with Crippen molar-refractivity contribution in [1.29, 1.82) is 0 Å². The maximum atomic E-state index is 13.1. The highest BCUT2D eigenvalue weighted by molar-refractivity contribution is 6.74. The SMILES string of the molecule is CC(C)(C)c1ccccc1COCc1cn([C@H]2C[C@H](O[Si](C)(C)C(C)(C)C)[C@@H](CO[Si](C)(C)C(C)(C)C)O2)c(=O)[nH]c1=O. The quantitative estimate of drug-likeness (QED) is 0.278. The lowest BCUT2D eigenvalue weighted by atomic mass is 9.84. The molecule has 0 amide bonds. The Kier molecular flexibility index (Phi) is 10.7. The van der Waals surface area contributed by atoms with Gasteiger partial charge in [-0.15, -0.1) is 0 Å². The Labute approximate surface area is 260 Å². The lowest BCUT2D eigenvalue weighted by Gasteiger charge is -2.40. The van der Waals surface area contributed by atoms with Crippen molar-refractivity contribution in [1.82, 2.24) is 9.55 Å². The summed E-state index contributed by atoms with van der Waals surface area (Å²) in [5.41, 5.74) is 1.67. The number of H-pyrrole nitrogens is 1. The summed E-state index contributed by atoms with van der Waals surface area (Å²) in [5, 5.41) is 0.0692. The Morgan fingerprint density at radius 2 is 1.47 bits per heavy atom. The summed E-state index contributed by atoms with van der Waals surface area (Å²) in [6, 6.07) is 8.17. The zero-order chi connectivity index (χ0) is 32.6. The van der Waals surface area contributed by atoms with Crippen LogP contribution in [0, 0.1) is 0 Å². The second-order valence-electron chi connectivity index (χ2n) is 16.1. The van der Waals surface area contributed by atoms with E-state index in [2.05, 4.69) is 99.6 Å². The fourth-order valence-electron chi connectivity index (χ4n) is 4.70. The molecule has 1 aliphatic rings. The molecule has 0 spiro atoms. The summed E-state index contributed by atoms with van der Waals surface area (Å²) >= 11 is 0. The molecule has 3 atom stereocenters. The Balaban J connectivity index is 1.84. The second-order valence-corrected chi connectivity index (χ2v) is 25.6. The van der Waals surface area contributed by atoms with Crippen LogP contribution in [0.4, 0.5) is 0 Å². The molecule has 10 heteroatoms. The maximum Gasteiger partial charge on any atom is 0.330 e. The average molecular weight is 633 g/mol. The fourth-order valence-corrected chi connectivity index (χ4v) is 7.07. The van der Waals surface area contributed by atoms with Gasteiger partial charge in [0.15, 0.2) is 16.6 Å². The van der Waals surface area contributed by atoms with E-state index in [-0.39, 0.29) is 34.3 Å². The number of rotatable bonds is 10. The van der Waals surface area contributed by atoms with E-state index in [1.165, 1.54) is 10.1 Å². The third-order valence-electron chi connectivity index (χ3n) is 9.54. The van der Waals surface area contributed by atoms with Gasteiger partial charge in [-0.3, -0.25) is 14.3 Å². The highest BCUT2D eigenvalue weighted by Gasteiger charge is 2.46. The highest BCUT2D eigenvalue weighted by atomic mass is 28.4. The molecular weight excluding hydrogens is 577 g/mol. The Hall–Kier alpha value is -1.83. The van der Waals surface area contributed by atoms with Crippen molar-refractivity contribution >= 4 is 16.6 Å². The molecule has 2 aromatic rings. The lowest BCUT2D eigenvalue weighted by molar-refractivity contribution is -0.0414. The van der Waals surface area contributed by atoms with Crippen LogP contribution >= 0.6 is 0 Å². The first-order valence-electron chi connectivity index (χ1n) is 15.5. The van der Waals surface area contributed by atoms with Crippen LogP contribution in [-0.2, 0) is 37.0 Å². The van der Waals surface area contributed by atoms with Crippen LogP contribution in [0.15, 0.2) is 40.1 Å². The topological polar surface area (TPSA) is 91.8 Å². The first-order chi connectivity index (χ1) is 19.5. The molecule has 0 bridgehead atoms. The molecule has 242 valence electrons. The molecule has 0 aliphatic carbocycles. The van der Waals surface area contributed by atoms with Gasteiger partial charge in [-0.25, -0.2) is 4.79 Å². The number of ether oxygens (including phenoxy) is 2. The van der Waals surface area contributed by atoms with E-state index < -0.39 is 34.1 Å². The number of hydrogen-bond donors (Lipinski definition) is 1.